The summed E-state index contributed by atoms with van der Waals surface area (Å²) in [5, 5.41) is 0. The summed E-state index contributed by atoms with van der Waals surface area (Å²) >= 11 is 0. The standard InChI is InChI=1S/C37H52O8/c1-35(2,3)37(7,36(4,5)6)34(40)44-25-15-13-11-10-12-14-24-43-29-20-18-28(19-21-29)33(39)45-30-22-16-27(26-31(30)41-8)17-23-32(38)42-9/h16-23,26H,10-15,24-25H2,1-9H3/b23-17+. The fourth-order valence-electron chi connectivity index (χ4n) is 5.10. The topological polar surface area (TPSA) is 97.4 Å². The Hall–Kier alpha value is -3.81. The molecule has 0 spiro atoms. The van der Waals surface area contributed by atoms with Gasteiger partial charge in [-0.1, -0.05) is 73.3 Å². The highest BCUT2D eigenvalue weighted by molar-refractivity contribution is 5.91. The quantitative estimate of drug-likeness (QED) is 0.0794. The number of carbonyl (C=O) groups is 3. The molecular weight excluding hydrogens is 572 g/mol. The molecule has 0 fully saturated rings. The van der Waals surface area contributed by atoms with E-state index >= 15 is 0 Å². The second-order valence-electron chi connectivity index (χ2n) is 13.4. The van der Waals surface area contributed by atoms with Gasteiger partial charge in [0.1, 0.15) is 5.75 Å². The number of esters is 3. The smallest absolute Gasteiger partial charge is 0.343 e. The van der Waals surface area contributed by atoms with Crippen LogP contribution in [0, 0.1) is 16.2 Å². The third kappa shape index (κ3) is 10.9. The molecule has 0 saturated heterocycles. The molecule has 8 heteroatoms. The average molecular weight is 625 g/mol. The second-order valence-corrected chi connectivity index (χ2v) is 13.4. The van der Waals surface area contributed by atoms with E-state index < -0.39 is 17.4 Å². The molecular formula is C37H52O8. The zero-order valence-electron chi connectivity index (χ0n) is 28.6. The Kier molecular flexibility index (Phi) is 14.2. The molecule has 2 rings (SSSR count). The zero-order chi connectivity index (χ0) is 33.7. The first kappa shape index (κ1) is 37.4. The van der Waals surface area contributed by atoms with Crippen molar-refractivity contribution in [3.8, 4) is 17.2 Å². The molecule has 0 bridgehead atoms. The van der Waals surface area contributed by atoms with E-state index in [1.165, 1.54) is 20.3 Å². The van der Waals surface area contributed by atoms with E-state index in [2.05, 4.69) is 46.3 Å². The maximum atomic E-state index is 13.0. The molecule has 0 radical (unpaired) electrons. The molecule has 2 aromatic carbocycles. The molecule has 8 nitrogen and oxygen atoms in total. The van der Waals surface area contributed by atoms with Crippen LogP contribution in [0.4, 0.5) is 0 Å². The Balaban J connectivity index is 1.68. The summed E-state index contributed by atoms with van der Waals surface area (Å²) < 4.78 is 27.0. The first-order valence-electron chi connectivity index (χ1n) is 15.7. The zero-order valence-corrected chi connectivity index (χ0v) is 28.6. The van der Waals surface area contributed by atoms with Crippen LogP contribution in [0.2, 0.25) is 0 Å². The van der Waals surface area contributed by atoms with E-state index in [1.54, 1.807) is 48.5 Å². The Bertz CT molecular complexity index is 1260. The fraction of sp³-hybridized carbons (Fsp3) is 0.541. The number of hydrogen-bond donors (Lipinski definition) is 0. The van der Waals surface area contributed by atoms with Crippen LogP contribution < -0.4 is 14.2 Å². The van der Waals surface area contributed by atoms with Crippen molar-refractivity contribution in [2.24, 2.45) is 16.2 Å². The van der Waals surface area contributed by atoms with Crippen LogP contribution in [0.5, 0.6) is 17.2 Å². The number of hydrogen-bond acceptors (Lipinski definition) is 8. The number of rotatable bonds is 16. The van der Waals surface area contributed by atoms with Crippen LogP contribution in [-0.4, -0.2) is 45.3 Å². The van der Waals surface area contributed by atoms with E-state index in [4.69, 9.17) is 18.9 Å². The van der Waals surface area contributed by atoms with Gasteiger partial charge in [-0.25, -0.2) is 9.59 Å². The monoisotopic (exact) mass is 624 g/mol. The predicted octanol–water partition coefficient (Wildman–Crippen LogP) is 8.46. The van der Waals surface area contributed by atoms with Crippen molar-refractivity contribution in [1.82, 2.24) is 0 Å². The molecule has 0 aromatic heterocycles. The van der Waals surface area contributed by atoms with Gasteiger partial charge in [-0.3, -0.25) is 4.79 Å². The number of methoxy groups -OCH3 is 2. The second kappa shape index (κ2) is 17.0. The van der Waals surface area contributed by atoms with Gasteiger partial charge in [-0.2, -0.15) is 0 Å². The van der Waals surface area contributed by atoms with E-state index in [0.29, 0.717) is 35.8 Å². The Morgan fingerprint density at radius 3 is 1.84 bits per heavy atom. The Labute approximate surface area is 269 Å². The summed E-state index contributed by atoms with van der Waals surface area (Å²) in [7, 11) is 2.78. The maximum Gasteiger partial charge on any atom is 0.343 e. The maximum absolute atomic E-state index is 13.0. The lowest BCUT2D eigenvalue weighted by Crippen LogP contribution is -2.50. The van der Waals surface area contributed by atoms with Gasteiger partial charge < -0.3 is 23.7 Å². The summed E-state index contributed by atoms with van der Waals surface area (Å²) in [6.07, 6.45) is 8.93. The minimum Gasteiger partial charge on any atom is -0.494 e. The van der Waals surface area contributed by atoms with E-state index in [1.807, 2.05) is 6.92 Å². The predicted molar refractivity (Wildman–Crippen MR) is 177 cm³/mol. The molecule has 0 aliphatic rings. The highest BCUT2D eigenvalue weighted by Gasteiger charge is 2.53. The lowest BCUT2D eigenvalue weighted by atomic mass is 9.55. The van der Waals surface area contributed by atoms with E-state index in [-0.39, 0.29) is 22.5 Å². The van der Waals surface area contributed by atoms with Crippen molar-refractivity contribution < 1.29 is 38.1 Å². The van der Waals surface area contributed by atoms with Gasteiger partial charge >= 0.3 is 17.9 Å². The fourth-order valence-corrected chi connectivity index (χ4v) is 5.10. The number of unbranched alkanes of at least 4 members (excludes halogenated alkanes) is 5. The average Bonchev–Trinajstić information content (AvgIpc) is 2.99. The van der Waals surface area contributed by atoms with Crippen molar-refractivity contribution in [2.45, 2.75) is 87.0 Å². The number of ether oxygens (including phenoxy) is 5. The normalized spacial score (nSPS) is 12.1. The summed E-state index contributed by atoms with van der Waals surface area (Å²) in [5.74, 6) is 0.208. The minimum absolute atomic E-state index is 0.109. The van der Waals surface area contributed by atoms with Gasteiger partial charge in [0.15, 0.2) is 11.5 Å². The third-order valence-corrected chi connectivity index (χ3v) is 8.54. The molecule has 2 aromatic rings. The van der Waals surface area contributed by atoms with Crippen LogP contribution in [0.3, 0.4) is 0 Å². The molecule has 0 atom stereocenters. The first-order valence-corrected chi connectivity index (χ1v) is 15.7. The van der Waals surface area contributed by atoms with Gasteiger partial charge in [0.25, 0.3) is 0 Å². The van der Waals surface area contributed by atoms with Crippen molar-refractivity contribution >= 4 is 24.0 Å². The summed E-state index contributed by atoms with van der Waals surface area (Å²) in [4.78, 5) is 37.0. The van der Waals surface area contributed by atoms with Gasteiger partial charge in [0.05, 0.1) is 38.4 Å². The molecule has 0 saturated carbocycles. The Morgan fingerprint density at radius 2 is 1.29 bits per heavy atom. The molecule has 248 valence electrons. The van der Waals surface area contributed by atoms with E-state index in [9.17, 15) is 14.4 Å². The van der Waals surface area contributed by atoms with Crippen LogP contribution >= 0.6 is 0 Å². The van der Waals surface area contributed by atoms with Crippen molar-refractivity contribution in [3.63, 3.8) is 0 Å². The molecule has 0 aliphatic carbocycles. The minimum atomic E-state index is -0.571. The SMILES string of the molecule is COC(=O)/C=C/c1ccc(OC(=O)c2ccc(OCCCCCCCCOC(=O)C(C)(C(C)(C)C)C(C)(C)C)cc2)c(OC)c1. The first-order chi connectivity index (χ1) is 21.1. The molecule has 0 N–H and O–H groups in total. The van der Waals surface area contributed by atoms with Crippen molar-refractivity contribution in [1.29, 1.82) is 0 Å². The molecule has 0 heterocycles. The van der Waals surface area contributed by atoms with Crippen LogP contribution in [0.1, 0.15) is 103 Å². The highest BCUT2D eigenvalue weighted by atomic mass is 16.6. The lowest BCUT2D eigenvalue weighted by molar-refractivity contribution is -0.173. The largest absolute Gasteiger partial charge is 0.494 e. The van der Waals surface area contributed by atoms with Crippen LogP contribution in [0.15, 0.2) is 48.5 Å². The highest BCUT2D eigenvalue weighted by Crippen LogP contribution is 2.52. The van der Waals surface area contributed by atoms with Gasteiger partial charge in [0.2, 0.25) is 0 Å². The van der Waals surface area contributed by atoms with Crippen molar-refractivity contribution in [3.05, 3.63) is 59.7 Å². The van der Waals surface area contributed by atoms with Gasteiger partial charge in [-0.05, 0) is 78.6 Å². The van der Waals surface area contributed by atoms with Crippen LogP contribution in [0.25, 0.3) is 6.08 Å². The summed E-state index contributed by atoms with van der Waals surface area (Å²) in [6, 6.07) is 11.8. The molecule has 45 heavy (non-hydrogen) atoms. The van der Waals surface area contributed by atoms with Gasteiger partial charge in [-0.15, -0.1) is 0 Å². The summed E-state index contributed by atoms with van der Waals surface area (Å²) in [5.41, 5.74) is 0.102. The summed E-state index contributed by atoms with van der Waals surface area (Å²) in [6.45, 7) is 15.7. The van der Waals surface area contributed by atoms with E-state index in [0.717, 1.165) is 38.5 Å². The third-order valence-electron chi connectivity index (χ3n) is 8.54. The number of carbonyl (C=O) groups excluding carboxylic acids is 3. The number of benzene rings is 2. The molecule has 0 unspecified atom stereocenters. The van der Waals surface area contributed by atoms with Crippen molar-refractivity contribution in [2.75, 3.05) is 27.4 Å². The van der Waals surface area contributed by atoms with Crippen LogP contribution in [-0.2, 0) is 19.1 Å². The van der Waals surface area contributed by atoms with Gasteiger partial charge in [0, 0.05) is 6.08 Å². The lowest BCUT2D eigenvalue weighted by Gasteiger charge is -2.48. The Morgan fingerprint density at radius 1 is 0.711 bits per heavy atom. The molecule has 0 aliphatic heterocycles. The molecule has 0 amide bonds.